The van der Waals surface area contributed by atoms with E-state index in [2.05, 4.69) is 36.5 Å². The number of aromatic nitrogens is 2. The van der Waals surface area contributed by atoms with Crippen LogP contribution in [0.1, 0.15) is 43.7 Å². The molecule has 2 amide bonds. The molecule has 0 saturated carbocycles. The average Bonchev–Trinajstić information content (AvgIpc) is 2.95. The molecular weight excluding hydrogens is 304 g/mol. The van der Waals surface area contributed by atoms with Gasteiger partial charge >= 0.3 is 6.03 Å². The number of hydrogen-bond acceptors (Lipinski definition) is 3. The number of carbonyl (C=O) groups excluding carboxylic acids is 1. The Morgan fingerprint density at radius 1 is 1.21 bits per heavy atom. The molecule has 0 aliphatic heterocycles. The molecule has 0 spiro atoms. The van der Waals surface area contributed by atoms with E-state index in [1.807, 2.05) is 37.4 Å². The summed E-state index contributed by atoms with van der Waals surface area (Å²) < 4.78 is 1.70. The second-order valence-electron chi connectivity index (χ2n) is 6.90. The fourth-order valence-corrected chi connectivity index (χ4v) is 2.32. The Morgan fingerprint density at radius 2 is 1.88 bits per heavy atom. The summed E-state index contributed by atoms with van der Waals surface area (Å²) in [4.78, 5) is 11.8. The van der Waals surface area contributed by atoms with Gasteiger partial charge in [-0.2, -0.15) is 5.10 Å². The van der Waals surface area contributed by atoms with Gasteiger partial charge in [0.25, 0.3) is 0 Å². The molecule has 2 rings (SSSR count). The van der Waals surface area contributed by atoms with Gasteiger partial charge in [-0.3, -0.25) is 4.68 Å². The molecule has 1 atom stereocenters. The topological polar surface area (TPSA) is 79.2 Å². The summed E-state index contributed by atoms with van der Waals surface area (Å²) in [5.74, 6) is 0. The average molecular weight is 330 g/mol. The smallest absolute Gasteiger partial charge is 0.315 e. The quantitative estimate of drug-likeness (QED) is 0.787. The lowest BCUT2D eigenvalue weighted by Gasteiger charge is -2.20. The fourth-order valence-electron chi connectivity index (χ4n) is 2.32. The minimum Gasteiger partial charge on any atom is -0.387 e. The van der Waals surface area contributed by atoms with Crippen LogP contribution in [0.2, 0.25) is 0 Å². The summed E-state index contributed by atoms with van der Waals surface area (Å²) >= 11 is 0. The van der Waals surface area contributed by atoms with Gasteiger partial charge in [-0.25, -0.2) is 4.79 Å². The highest BCUT2D eigenvalue weighted by atomic mass is 16.3. The predicted molar refractivity (Wildman–Crippen MR) is 93.5 cm³/mol. The normalized spacial score (nSPS) is 12.7. The first-order valence-electron chi connectivity index (χ1n) is 8.04. The highest BCUT2D eigenvalue weighted by molar-refractivity contribution is 5.73. The zero-order valence-corrected chi connectivity index (χ0v) is 14.7. The number of hydrogen-bond donors (Lipinski definition) is 3. The third-order valence-electron chi connectivity index (χ3n) is 3.97. The molecule has 6 heteroatoms. The van der Waals surface area contributed by atoms with Crippen LogP contribution in [0.15, 0.2) is 36.5 Å². The lowest BCUT2D eigenvalue weighted by Crippen LogP contribution is -2.37. The van der Waals surface area contributed by atoms with Crippen molar-refractivity contribution >= 4 is 6.03 Å². The number of benzene rings is 1. The van der Waals surface area contributed by atoms with Crippen LogP contribution in [0, 0.1) is 0 Å². The molecule has 0 aliphatic rings. The number of rotatable bonds is 5. The molecule has 6 nitrogen and oxygen atoms in total. The van der Waals surface area contributed by atoms with Gasteiger partial charge in [-0.05, 0) is 22.6 Å². The zero-order valence-electron chi connectivity index (χ0n) is 14.7. The van der Waals surface area contributed by atoms with Crippen LogP contribution in [0.3, 0.4) is 0 Å². The summed E-state index contributed by atoms with van der Waals surface area (Å²) in [5.41, 5.74) is 2.98. The van der Waals surface area contributed by atoms with Crippen molar-refractivity contribution in [1.82, 2.24) is 20.4 Å². The predicted octanol–water partition coefficient (Wildman–Crippen LogP) is 2.25. The van der Waals surface area contributed by atoms with Crippen molar-refractivity contribution in [2.24, 2.45) is 7.05 Å². The maximum atomic E-state index is 11.8. The largest absolute Gasteiger partial charge is 0.387 e. The van der Waals surface area contributed by atoms with E-state index in [0.717, 1.165) is 11.3 Å². The SMILES string of the molecule is Cn1nccc1CNC(=O)NCC(O)c1ccc(C(C)(C)C)cc1. The van der Waals surface area contributed by atoms with E-state index in [4.69, 9.17) is 0 Å². The molecule has 1 unspecified atom stereocenters. The molecule has 2 aromatic rings. The Labute approximate surface area is 142 Å². The molecule has 0 radical (unpaired) electrons. The Balaban J connectivity index is 1.81. The Morgan fingerprint density at radius 3 is 2.42 bits per heavy atom. The van der Waals surface area contributed by atoms with E-state index in [1.54, 1.807) is 10.9 Å². The van der Waals surface area contributed by atoms with Gasteiger partial charge in [0.05, 0.1) is 18.3 Å². The molecule has 0 aliphatic carbocycles. The van der Waals surface area contributed by atoms with Crippen LogP contribution < -0.4 is 10.6 Å². The number of nitrogens with one attached hydrogen (secondary N) is 2. The van der Waals surface area contributed by atoms with Crippen LogP contribution in [0.4, 0.5) is 4.79 Å². The van der Waals surface area contributed by atoms with Gasteiger partial charge in [0.1, 0.15) is 0 Å². The van der Waals surface area contributed by atoms with Crippen molar-refractivity contribution < 1.29 is 9.90 Å². The standard InChI is InChI=1S/C18H26N4O2/c1-18(2,3)14-7-5-13(6-8-14)16(23)12-20-17(24)19-11-15-9-10-21-22(15)4/h5-10,16,23H,11-12H2,1-4H3,(H2,19,20,24). The van der Waals surface area contributed by atoms with E-state index < -0.39 is 6.10 Å². The molecule has 1 heterocycles. The molecule has 1 aromatic heterocycles. The van der Waals surface area contributed by atoms with E-state index in [0.29, 0.717) is 6.54 Å². The fraction of sp³-hybridized carbons (Fsp3) is 0.444. The van der Waals surface area contributed by atoms with Gasteiger partial charge < -0.3 is 15.7 Å². The second-order valence-corrected chi connectivity index (χ2v) is 6.90. The van der Waals surface area contributed by atoms with Gasteiger partial charge in [0.15, 0.2) is 0 Å². The molecular formula is C18H26N4O2. The van der Waals surface area contributed by atoms with Crippen LogP contribution in [-0.2, 0) is 19.0 Å². The van der Waals surface area contributed by atoms with Crippen molar-refractivity contribution in [1.29, 1.82) is 0 Å². The third-order valence-corrected chi connectivity index (χ3v) is 3.97. The first-order valence-corrected chi connectivity index (χ1v) is 8.04. The van der Waals surface area contributed by atoms with Crippen molar-refractivity contribution in [3.05, 3.63) is 53.3 Å². The highest BCUT2D eigenvalue weighted by Crippen LogP contribution is 2.23. The number of aliphatic hydroxyl groups is 1. The van der Waals surface area contributed by atoms with Crippen molar-refractivity contribution in [3.8, 4) is 0 Å². The maximum absolute atomic E-state index is 11.8. The molecule has 24 heavy (non-hydrogen) atoms. The van der Waals surface area contributed by atoms with E-state index in [9.17, 15) is 9.90 Å². The number of carbonyl (C=O) groups is 1. The van der Waals surface area contributed by atoms with Crippen molar-refractivity contribution in [2.75, 3.05) is 6.54 Å². The number of aryl methyl sites for hydroxylation is 1. The van der Waals surface area contributed by atoms with Crippen molar-refractivity contribution in [2.45, 2.75) is 38.8 Å². The lowest BCUT2D eigenvalue weighted by atomic mass is 9.86. The number of nitrogens with zero attached hydrogens (tertiary/aromatic N) is 2. The van der Waals surface area contributed by atoms with Crippen LogP contribution >= 0.6 is 0 Å². The second kappa shape index (κ2) is 7.49. The summed E-state index contributed by atoms with van der Waals surface area (Å²) in [6, 6.07) is 9.36. The lowest BCUT2D eigenvalue weighted by molar-refractivity contribution is 0.173. The maximum Gasteiger partial charge on any atom is 0.315 e. The van der Waals surface area contributed by atoms with Gasteiger partial charge in [0, 0.05) is 19.8 Å². The molecule has 130 valence electrons. The van der Waals surface area contributed by atoms with Crippen molar-refractivity contribution in [3.63, 3.8) is 0 Å². The molecule has 1 aromatic carbocycles. The van der Waals surface area contributed by atoms with Crippen LogP contribution in [-0.4, -0.2) is 27.5 Å². The van der Waals surface area contributed by atoms with Crippen LogP contribution in [0.5, 0.6) is 0 Å². The molecule has 0 fully saturated rings. The number of amides is 2. The minimum absolute atomic E-state index is 0.0768. The number of urea groups is 1. The minimum atomic E-state index is -0.735. The van der Waals surface area contributed by atoms with Gasteiger partial charge in [-0.1, -0.05) is 45.0 Å². The highest BCUT2D eigenvalue weighted by Gasteiger charge is 2.15. The van der Waals surface area contributed by atoms with Gasteiger partial charge in [0.2, 0.25) is 0 Å². The summed E-state index contributed by atoms with van der Waals surface area (Å²) in [7, 11) is 1.82. The molecule has 3 N–H and O–H groups in total. The van der Waals surface area contributed by atoms with Crippen LogP contribution in [0.25, 0.3) is 0 Å². The number of aliphatic hydroxyl groups excluding tert-OH is 1. The van der Waals surface area contributed by atoms with E-state index >= 15 is 0 Å². The Kier molecular flexibility index (Phi) is 5.62. The first kappa shape index (κ1) is 18.0. The van der Waals surface area contributed by atoms with Gasteiger partial charge in [-0.15, -0.1) is 0 Å². The molecule has 0 saturated heterocycles. The van der Waals surface area contributed by atoms with E-state index in [1.165, 1.54) is 5.56 Å². The Bertz CT molecular complexity index is 671. The zero-order chi connectivity index (χ0) is 17.7. The summed E-state index contributed by atoms with van der Waals surface area (Å²) in [6.45, 7) is 6.98. The summed E-state index contributed by atoms with van der Waals surface area (Å²) in [6.07, 6.45) is 0.946. The molecule has 0 bridgehead atoms. The third kappa shape index (κ3) is 4.83. The van der Waals surface area contributed by atoms with E-state index in [-0.39, 0.29) is 18.0 Å². The monoisotopic (exact) mass is 330 g/mol. The first-order chi connectivity index (χ1) is 11.3. The summed E-state index contributed by atoms with van der Waals surface area (Å²) in [5, 5.41) is 19.7. The Hall–Kier alpha value is -2.34.